The van der Waals surface area contributed by atoms with E-state index in [9.17, 15) is 4.79 Å². The molecule has 1 aromatic carbocycles. The number of piperidine rings is 1. The highest BCUT2D eigenvalue weighted by molar-refractivity contribution is 5.92. The van der Waals surface area contributed by atoms with Crippen molar-refractivity contribution >= 4 is 5.91 Å². The van der Waals surface area contributed by atoms with Gasteiger partial charge in [-0.05, 0) is 81.1 Å². The van der Waals surface area contributed by atoms with Gasteiger partial charge in [-0.25, -0.2) is 4.98 Å². The molecular formula is C30H36N6O. The second kappa shape index (κ2) is 11.1. The van der Waals surface area contributed by atoms with Crippen LogP contribution in [0.4, 0.5) is 0 Å². The molecule has 0 radical (unpaired) electrons. The van der Waals surface area contributed by atoms with E-state index in [1.165, 1.54) is 11.3 Å². The van der Waals surface area contributed by atoms with Crippen molar-refractivity contribution in [2.75, 3.05) is 20.1 Å². The molecule has 0 saturated carbocycles. The molecule has 0 unspecified atom stereocenters. The van der Waals surface area contributed by atoms with E-state index in [4.69, 9.17) is 0 Å². The van der Waals surface area contributed by atoms with Crippen molar-refractivity contribution in [2.24, 2.45) is 13.0 Å². The number of rotatable bonds is 8. The summed E-state index contributed by atoms with van der Waals surface area (Å²) in [6.07, 6.45) is 6.89. The molecule has 3 aromatic heterocycles. The van der Waals surface area contributed by atoms with Crippen molar-refractivity contribution in [1.82, 2.24) is 29.1 Å². The Morgan fingerprint density at radius 1 is 1.05 bits per heavy atom. The molecule has 0 N–H and O–H groups in total. The number of carbonyl (C=O) groups excluding carboxylic acids is 1. The highest BCUT2D eigenvalue weighted by atomic mass is 16.2. The van der Waals surface area contributed by atoms with Crippen LogP contribution in [0.2, 0.25) is 0 Å². The number of likely N-dealkylation sites (tertiary alicyclic amines) is 1. The van der Waals surface area contributed by atoms with E-state index in [-0.39, 0.29) is 11.9 Å². The first-order valence-electron chi connectivity index (χ1n) is 13.1. The number of carbonyl (C=O) groups is 1. The lowest BCUT2D eigenvalue weighted by Crippen LogP contribution is -2.47. The van der Waals surface area contributed by atoms with Crippen LogP contribution in [-0.4, -0.2) is 61.2 Å². The fourth-order valence-electron chi connectivity index (χ4n) is 5.61. The Labute approximate surface area is 219 Å². The van der Waals surface area contributed by atoms with Gasteiger partial charge >= 0.3 is 0 Å². The van der Waals surface area contributed by atoms with Crippen molar-refractivity contribution in [3.05, 3.63) is 102 Å². The largest absolute Gasteiger partial charge is 0.337 e. The van der Waals surface area contributed by atoms with Crippen LogP contribution in [-0.2, 0) is 20.0 Å². The van der Waals surface area contributed by atoms with Gasteiger partial charge in [-0.1, -0.05) is 36.4 Å². The number of hydrogen-bond donors (Lipinski definition) is 0. The predicted octanol–water partition coefficient (Wildman–Crippen LogP) is 4.51. The summed E-state index contributed by atoms with van der Waals surface area (Å²) >= 11 is 0. The third-order valence-corrected chi connectivity index (χ3v) is 7.62. The third-order valence-electron chi connectivity index (χ3n) is 7.62. The van der Waals surface area contributed by atoms with Crippen LogP contribution in [0.3, 0.4) is 0 Å². The molecule has 7 nitrogen and oxygen atoms in total. The van der Waals surface area contributed by atoms with Crippen molar-refractivity contribution in [2.45, 2.75) is 38.8 Å². The maximum absolute atomic E-state index is 13.5. The van der Waals surface area contributed by atoms with Crippen LogP contribution in [0.1, 0.15) is 40.3 Å². The lowest BCUT2D eigenvalue weighted by molar-refractivity contribution is 0.0573. The molecular weight excluding hydrogens is 460 g/mol. The minimum atomic E-state index is 0.0413. The van der Waals surface area contributed by atoms with Crippen molar-refractivity contribution in [3.63, 3.8) is 0 Å². The summed E-state index contributed by atoms with van der Waals surface area (Å²) < 4.78 is 3.87. The molecule has 1 aliphatic heterocycles. The molecule has 1 amide bonds. The van der Waals surface area contributed by atoms with Gasteiger partial charge in [0.05, 0.1) is 5.69 Å². The summed E-state index contributed by atoms with van der Waals surface area (Å²) in [6, 6.07) is 22.8. The molecule has 1 saturated heterocycles. The Kier molecular flexibility index (Phi) is 7.51. The Morgan fingerprint density at radius 3 is 2.49 bits per heavy atom. The summed E-state index contributed by atoms with van der Waals surface area (Å²) in [7, 11) is 3.81. The van der Waals surface area contributed by atoms with Gasteiger partial charge in [0, 0.05) is 44.8 Å². The standard InChI is InChI=1S/C30H36N6O/c1-23-20-28(34(3)32-23)30(37)33(2)27(21-24-10-5-4-6-11-24)25-14-18-35(19-15-25)22-26-12-9-17-36(26)29-13-7-8-16-31-29/h4-13,16-17,20,25,27H,14-15,18-19,21-22H2,1-3H3/t27-/m0/s1. The normalized spacial score (nSPS) is 15.5. The Balaban J connectivity index is 1.29. The van der Waals surface area contributed by atoms with Gasteiger partial charge in [-0.3, -0.25) is 14.4 Å². The molecule has 5 rings (SSSR count). The van der Waals surface area contributed by atoms with E-state index in [0.29, 0.717) is 11.6 Å². The number of amides is 1. The fourth-order valence-corrected chi connectivity index (χ4v) is 5.61. The minimum absolute atomic E-state index is 0.0413. The van der Waals surface area contributed by atoms with Gasteiger partial charge in [-0.2, -0.15) is 5.10 Å². The molecule has 4 aromatic rings. The number of aryl methyl sites for hydroxylation is 2. The highest BCUT2D eigenvalue weighted by Gasteiger charge is 2.33. The number of pyridine rings is 1. The first-order chi connectivity index (χ1) is 18.0. The van der Waals surface area contributed by atoms with Gasteiger partial charge in [0.15, 0.2) is 0 Å². The topological polar surface area (TPSA) is 59.2 Å². The predicted molar refractivity (Wildman–Crippen MR) is 146 cm³/mol. The highest BCUT2D eigenvalue weighted by Crippen LogP contribution is 2.28. The van der Waals surface area contributed by atoms with Crippen LogP contribution in [0.25, 0.3) is 5.82 Å². The maximum Gasteiger partial charge on any atom is 0.272 e. The monoisotopic (exact) mass is 496 g/mol. The molecule has 4 heterocycles. The third kappa shape index (κ3) is 5.67. The average Bonchev–Trinajstić information content (AvgIpc) is 3.53. The first-order valence-corrected chi connectivity index (χ1v) is 13.1. The number of likely N-dealkylation sites (N-methyl/N-ethyl adjacent to an activating group) is 1. The fraction of sp³-hybridized carbons (Fsp3) is 0.367. The van der Waals surface area contributed by atoms with E-state index >= 15 is 0 Å². The Morgan fingerprint density at radius 2 is 1.81 bits per heavy atom. The van der Waals surface area contributed by atoms with Crippen molar-refractivity contribution < 1.29 is 4.79 Å². The molecule has 0 bridgehead atoms. The van der Waals surface area contributed by atoms with Gasteiger partial charge in [0.1, 0.15) is 11.5 Å². The zero-order valence-electron chi connectivity index (χ0n) is 22.0. The molecule has 192 valence electrons. The zero-order valence-corrected chi connectivity index (χ0v) is 22.0. The minimum Gasteiger partial charge on any atom is -0.337 e. The van der Waals surface area contributed by atoms with Crippen molar-refractivity contribution in [1.29, 1.82) is 0 Å². The first kappa shape index (κ1) is 25.0. The summed E-state index contributed by atoms with van der Waals surface area (Å²) in [5, 5.41) is 4.40. The van der Waals surface area contributed by atoms with E-state index in [2.05, 4.69) is 62.1 Å². The van der Waals surface area contributed by atoms with Crippen LogP contribution in [0, 0.1) is 12.8 Å². The summed E-state index contributed by atoms with van der Waals surface area (Å²) in [5.41, 5.74) is 4.02. The smallest absolute Gasteiger partial charge is 0.272 e. The number of benzene rings is 1. The summed E-state index contributed by atoms with van der Waals surface area (Å²) in [6.45, 7) is 4.84. The molecule has 0 spiro atoms. The van der Waals surface area contributed by atoms with Crippen LogP contribution in [0.5, 0.6) is 0 Å². The zero-order chi connectivity index (χ0) is 25.8. The molecule has 0 aliphatic carbocycles. The van der Waals surface area contributed by atoms with Crippen LogP contribution in [0.15, 0.2) is 79.1 Å². The Hall–Kier alpha value is -3.71. The van der Waals surface area contributed by atoms with Gasteiger partial charge in [0.2, 0.25) is 0 Å². The van der Waals surface area contributed by atoms with E-state index in [0.717, 1.165) is 50.4 Å². The van der Waals surface area contributed by atoms with Crippen molar-refractivity contribution in [3.8, 4) is 5.82 Å². The lowest BCUT2D eigenvalue weighted by atomic mass is 9.84. The van der Waals surface area contributed by atoms with Crippen LogP contribution < -0.4 is 0 Å². The summed E-state index contributed by atoms with van der Waals surface area (Å²) in [4.78, 5) is 22.6. The summed E-state index contributed by atoms with van der Waals surface area (Å²) in [5.74, 6) is 1.42. The van der Waals surface area contributed by atoms with Gasteiger partial charge in [0.25, 0.3) is 5.91 Å². The average molecular weight is 497 g/mol. The van der Waals surface area contributed by atoms with E-state index < -0.39 is 0 Å². The van der Waals surface area contributed by atoms with E-state index in [1.807, 2.05) is 62.4 Å². The molecule has 7 heteroatoms. The number of aromatic nitrogens is 4. The second-order valence-electron chi connectivity index (χ2n) is 10.1. The van der Waals surface area contributed by atoms with Crippen LogP contribution >= 0.6 is 0 Å². The molecule has 1 fully saturated rings. The SMILES string of the molecule is Cc1cc(C(=O)N(C)[C@@H](Cc2ccccc2)C2CCN(Cc3cccn3-c3ccccn3)CC2)n(C)n1. The second-order valence-corrected chi connectivity index (χ2v) is 10.1. The quantitative estimate of drug-likeness (QED) is 0.360. The Bertz CT molecular complexity index is 1300. The van der Waals surface area contributed by atoms with E-state index in [1.54, 1.807) is 4.68 Å². The number of nitrogens with zero attached hydrogens (tertiary/aromatic N) is 6. The molecule has 1 atom stereocenters. The maximum atomic E-state index is 13.5. The number of hydrogen-bond acceptors (Lipinski definition) is 4. The molecule has 1 aliphatic rings. The molecule has 37 heavy (non-hydrogen) atoms. The lowest BCUT2D eigenvalue weighted by Gasteiger charge is -2.40. The van der Waals surface area contributed by atoms with Gasteiger partial charge < -0.3 is 9.47 Å². The van der Waals surface area contributed by atoms with Gasteiger partial charge in [-0.15, -0.1) is 0 Å².